The molecule has 1 saturated heterocycles. The SMILES string of the molecule is COCCn1cc(CC(=O)Nc2n[nH]c(C3CCCO3)n2)c2ccccc21. The molecule has 1 aromatic carbocycles. The van der Waals surface area contributed by atoms with Crippen molar-refractivity contribution in [3.63, 3.8) is 0 Å². The molecule has 4 rings (SSSR count). The third kappa shape index (κ3) is 3.86. The van der Waals surface area contributed by atoms with Gasteiger partial charge in [0.1, 0.15) is 6.10 Å². The lowest BCUT2D eigenvalue weighted by atomic mass is 10.1. The number of hydrogen-bond donors (Lipinski definition) is 2. The van der Waals surface area contributed by atoms with Crippen LogP contribution in [0.3, 0.4) is 0 Å². The number of benzene rings is 1. The number of nitrogens with one attached hydrogen (secondary N) is 2. The lowest BCUT2D eigenvalue weighted by Gasteiger charge is -2.03. The van der Waals surface area contributed by atoms with E-state index < -0.39 is 0 Å². The Balaban J connectivity index is 1.46. The van der Waals surface area contributed by atoms with E-state index in [0.717, 1.165) is 42.5 Å². The van der Waals surface area contributed by atoms with Gasteiger partial charge in [-0.25, -0.2) is 0 Å². The van der Waals surface area contributed by atoms with Crippen molar-refractivity contribution in [1.29, 1.82) is 0 Å². The van der Waals surface area contributed by atoms with E-state index in [-0.39, 0.29) is 24.4 Å². The monoisotopic (exact) mass is 369 g/mol. The average Bonchev–Trinajstić information content (AvgIpc) is 3.41. The number of ether oxygens (including phenoxy) is 2. The van der Waals surface area contributed by atoms with Crippen molar-refractivity contribution in [2.45, 2.75) is 31.9 Å². The number of carbonyl (C=O) groups excluding carboxylic acids is 1. The molecule has 1 fully saturated rings. The summed E-state index contributed by atoms with van der Waals surface area (Å²) >= 11 is 0. The van der Waals surface area contributed by atoms with Gasteiger partial charge >= 0.3 is 0 Å². The van der Waals surface area contributed by atoms with Crippen molar-refractivity contribution < 1.29 is 14.3 Å². The molecule has 2 N–H and O–H groups in total. The predicted molar refractivity (Wildman–Crippen MR) is 100 cm³/mol. The van der Waals surface area contributed by atoms with Gasteiger partial charge in [-0.05, 0) is 24.5 Å². The number of rotatable bonds is 7. The van der Waals surface area contributed by atoms with Crippen molar-refractivity contribution in [2.24, 2.45) is 0 Å². The summed E-state index contributed by atoms with van der Waals surface area (Å²) in [5.41, 5.74) is 2.06. The minimum Gasteiger partial charge on any atom is -0.383 e. The molecule has 1 aliphatic rings. The summed E-state index contributed by atoms with van der Waals surface area (Å²) in [5, 5.41) is 10.8. The van der Waals surface area contributed by atoms with Crippen molar-refractivity contribution in [1.82, 2.24) is 19.7 Å². The van der Waals surface area contributed by atoms with Crippen LogP contribution in [0.5, 0.6) is 0 Å². The number of hydrogen-bond acceptors (Lipinski definition) is 5. The zero-order chi connectivity index (χ0) is 18.6. The molecule has 0 spiro atoms. The van der Waals surface area contributed by atoms with E-state index in [0.29, 0.717) is 12.4 Å². The van der Waals surface area contributed by atoms with E-state index in [9.17, 15) is 4.79 Å². The number of carbonyl (C=O) groups is 1. The van der Waals surface area contributed by atoms with Crippen molar-refractivity contribution in [3.05, 3.63) is 41.9 Å². The van der Waals surface area contributed by atoms with Crippen molar-refractivity contribution >= 4 is 22.8 Å². The summed E-state index contributed by atoms with van der Waals surface area (Å²) in [6.45, 7) is 2.10. The molecule has 0 saturated carbocycles. The Morgan fingerprint density at radius 3 is 3.15 bits per heavy atom. The molecule has 2 aromatic heterocycles. The highest BCUT2D eigenvalue weighted by Crippen LogP contribution is 2.26. The van der Waals surface area contributed by atoms with Crippen LogP contribution in [0, 0.1) is 0 Å². The van der Waals surface area contributed by atoms with Crippen LogP contribution in [-0.4, -0.2) is 46.0 Å². The number of nitrogens with zero attached hydrogens (tertiary/aromatic N) is 3. The summed E-state index contributed by atoms with van der Waals surface area (Å²) in [6.07, 6.45) is 4.15. The van der Waals surface area contributed by atoms with E-state index in [4.69, 9.17) is 9.47 Å². The molecule has 1 atom stereocenters. The molecular formula is C19H23N5O3. The molecule has 142 valence electrons. The van der Waals surface area contributed by atoms with Crippen LogP contribution in [-0.2, 0) is 27.2 Å². The van der Waals surface area contributed by atoms with Gasteiger partial charge in [-0.1, -0.05) is 18.2 Å². The standard InChI is InChI=1S/C19H23N5O3/c1-26-10-8-24-12-13(14-5-2-3-6-15(14)24)11-17(25)20-19-21-18(22-23-19)16-7-4-9-27-16/h2-3,5-6,12,16H,4,7-11H2,1H3,(H2,20,21,22,23,25). The van der Waals surface area contributed by atoms with Crippen LogP contribution < -0.4 is 5.32 Å². The van der Waals surface area contributed by atoms with Crippen molar-refractivity contribution in [3.8, 4) is 0 Å². The molecule has 27 heavy (non-hydrogen) atoms. The molecule has 8 nitrogen and oxygen atoms in total. The molecule has 3 heterocycles. The molecule has 1 amide bonds. The fraction of sp³-hybridized carbons (Fsp3) is 0.421. The lowest BCUT2D eigenvalue weighted by Crippen LogP contribution is -2.15. The first-order chi connectivity index (χ1) is 13.2. The summed E-state index contributed by atoms with van der Waals surface area (Å²) in [6, 6.07) is 8.06. The van der Waals surface area contributed by atoms with Gasteiger partial charge in [-0.15, -0.1) is 5.10 Å². The van der Waals surface area contributed by atoms with E-state index in [1.165, 1.54) is 0 Å². The van der Waals surface area contributed by atoms with Crippen LogP contribution in [0.2, 0.25) is 0 Å². The molecule has 1 aliphatic heterocycles. The highest BCUT2D eigenvalue weighted by atomic mass is 16.5. The Labute approximate surface area is 156 Å². The molecule has 0 radical (unpaired) electrons. The lowest BCUT2D eigenvalue weighted by molar-refractivity contribution is -0.115. The third-order valence-corrected chi connectivity index (χ3v) is 4.75. The average molecular weight is 369 g/mol. The second kappa shape index (κ2) is 7.89. The van der Waals surface area contributed by atoms with E-state index in [2.05, 4.69) is 31.1 Å². The Morgan fingerprint density at radius 2 is 2.33 bits per heavy atom. The number of H-pyrrole nitrogens is 1. The van der Waals surface area contributed by atoms with E-state index >= 15 is 0 Å². The molecule has 0 aliphatic carbocycles. The predicted octanol–water partition coefficient (Wildman–Crippen LogP) is 2.44. The van der Waals surface area contributed by atoms with Gasteiger partial charge in [0, 0.05) is 37.4 Å². The zero-order valence-corrected chi connectivity index (χ0v) is 15.3. The first-order valence-corrected chi connectivity index (χ1v) is 9.14. The van der Waals surface area contributed by atoms with E-state index in [1.807, 2.05) is 24.4 Å². The smallest absolute Gasteiger partial charge is 0.248 e. The minimum absolute atomic E-state index is 0.0538. The first kappa shape index (κ1) is 17.7. The Bertz CT molecular complexity index is 926. The zero-order valence-electron chi connectivity index (χ0n) is 15.3. The van der Waals surface area contributed by atoms with Gasteiger partial charge in [0.15, 0.2) is 5.82 Å². The summed E-state index contributed by atoms with van der Waals surface area (Å²) in [4.78, 5) is 16.8. The maximum Gasteiger partial charge on any atom is 0.248 e. The Hall–Kier alpha value is -2.71. The maximum atomic E-state index is 12.5. The number of fused-ring (bicyclic) bond motifs is 1. The first-order valence-electron chi connectivity index (χ1n) is 9.14. The maximum absolute atomic E-state index is 12.5. The quantitative estimate of drug-likeness (QED) is 0.667. The molecule has 1 unspecified atom stereocenters. The number of methoxy groups -OCH3 is 1. The minimum atomic E-state index is -0.150. The normalized spacial score (nSPS) is 16.9. The van der Waals surface area contributed by atoms with Crippen LogP contribution in [0.25, 0.3) is 10.9 Å². The molecule has 0 bridgehead atoms. The summed E-state index contributed by atoms with van der Waals surface area (Å²) in [7, 11) is 1.68. The second-order valence-corrected chi connectivity index (χ2v) is 6.63. The highest BCUT2D eigenvalue weighted by molar-refractivity contribution is 5.94. The third-order valence-electron chi connectivity index (χ3n) is 4.75. The van der Waals surface area contributed by atoms with Gasteiger partial charge in [0.2, 0.25) is 11.9 Å². The number of aromatic amines is 1. The van der Waals surface area contributed by atoms with Gasteiger partial charge in [0.05, 0.1) is 13.0 Å². The van der Waals surface area contributed by atoms with Crippen LogP contribution >= 0.6 is 0 Å². The molecule has 8 heteroatoms. The molecule has 3 aromatic rings. The van der Waals surface area contributed by atoms with Gasteiger partial charge in [-0.3, -0.25) is 15.2 Å². The largest absolute Gasteiger partial charge is 0.383 e. The van der Waals surface area contributed by atoms with Crippen LogP contribution in [0.15, 0.2) is 30.5 Å². The summed E-state index contributed by atoms with van der Waals surface area (Å²) < 4.78 is 12.9. The van der Waals surface area contributed by atoms with Gasteiger partial charge < -0.3 is 14.0 Å². The second-order valence-electron chi connectivity index (χ2n) is 6.63. The van der Waals surface area contributed by atoms with Crippen LogP contribution in [0.1, 0.15) is 30.3 Å². The highest BCUT2D eigenvalue weighted by Gasteiger charge is 2.22. The topological polar surface area (TPSA) is 94.1 Å². The van der Waals surface area contributed by atoms with Crippen molar-refractivity contribution in [2.75, 3.05) is 25.6 Å². The Morgan fingerprint density at radius 1 is 1.44 bits per heavy atom. The number of para-hydroxylation sites is 1. The fourth-order valence-corrected chi connectivity index (χ4v) is 3.45. The van der Waals surface area contributed by atoms with Gasteiger partial charge in [-0.2, -0.15) is 4.98 Å². The number of amides is 1. The number of anilines is 1. The fourth-order valence-electron chi connectivity index (χ4n) is 3.45. The van der Waals surface area contributed by atoms with Crippen LogP contribution in [0.4, 0.5) is 5.95 Å². The number of aromatic nitrogens is 4. The molecular weight excluding hydrogens is 346 g/mol. The Kier molecular flexibility index (Phi) is 5.17. The van der Waals surface area contributed by atoms with Gasteiger partial charge in [0.25, 0.3) is 0 Å². The van der Waals surface area contributed by atoms with E-state index in [1.54, 1.807) is 7.11 Å². The summed E-state index contributed by atoms with van der Waals surface area (Å²) in [5.74, 6) is 0.801.